The molecule has 1 atom stereocenters. The van der Waals surface area contributed by atoms with Crippen molar-refractivity contribution >= 4 is 16.0 Å². The Hall–Kier alpha value is -1.86. The first kappa shape index (κ1) is 15.2. The smallest absolute Gasteiger partial charge is 0.322 e. The van der Waals surface area contributed by atoms with Gasteiger partial charge in [-0.15, -0.1) is 6.58 Å². The highest BCUT2D eigenvalue weighted by Gasteiger charge is 2.23. The highest BCUT2D eigenvalue weighted by Crippen LogP contribution is 2.11. The predicted molar refractivity (Wildman–Crippen MR) is 70.4 cm³/mol. The first-order valence-corrected chi connectivity index (χ1v) is 7.11. The Balaban J connectivity index is 2.82. The number of aliphatic carboxylic acids is 1. The molecule has 7 heteroatoms. The summed E-state index contributed by atoms with van der Waals surface area (Å²) in [5.41, 5.74) is 0.603. The van der Waals surface area contributed by atoms with Gasteiger partial charge in [-0.25, -0.2) is 13.1 Å². The average Bonchev–Trinajstić information content (AvgIpc) is 2.30. The number of benzene rings is 1. The fraction of sp³-hybridized carbons (Fsp3) is 0.250. The monoisotopic (exact) mass is 285 g/mol. The van der Waals surface area contributed by atoms with E-state index in [9.17, 15) is 13.2 Å². The third-order valence-electron chi connectivity index (χ3n) is 2.33. The third-order valence-corrected chi connectivity index (χ3v) is 3.65. The third kappa shape index (κ3) is 5.11. The summed E-state index contributed by atoms with van der Waals surface area (Å²) in [6.45, 7) is 3.30. The van der Waals surface area contributed by atoms with E-state index in [2.05, 4.69) is 11.3 Å². The van der Waals surface area contributed by atoms with Crippen molar-refractivity contribution in [2.45, 2.75) is 12.5 Å². The summed E-state index contributed by atoms with van der Waals surface area (Å²) < 4.78 is 25.1. The van der Waals surface area contributed by atoms with Gasteiger partial charge in [0.25, 0.3) is 0 Å². The standard InChI is InChI=1S/C12H15NO5S/c1-2-7-19(17,18)13-11(12(15)16)8-9-3-5-10(14)6-4-9/h2-6,11,13-14H,1,7-8H2,(H,15,16)/t11-/m1/s1. The maximum atomic E-state index is 11.5. The molecule has 0 saturated carbocycles. The molecule has 0 saturated heterocycles. The molecular formula is C12H15NO5S. The lowest BCUT2D eigenvalue weighted by atomic mass is 10.1. The van der Waals surface area contributed by atoms with E-state index in [0.29, 0.717) is 5.56 Å². The van der Waals surface area contributed by atoms with E-state index in [1.807, 2.05) is 0 Å². The van der Waals surface area contributed by atoms with Gasteiger partial charge in [-0.3, -0.25) is 4.79 Å². The van der Waals surface area contributed by atoms with Gasteiger partial charge in [0.1, 0.15) is 11.8 Å². The summed E-state index contributed by atoms with van der Waals surface area (Å²) in [5, 5.41) is 18.1. The zero-order chi connectivity index (χ0) is 14.5. The van der Waals surface area contributed by atoms with Gasteiger partial charge in [0.2, 0.25) is 10.0 Å². The average molecular weight is 285 g/mol. The van der Waals surface area contributed by atoms with Gasteiger partial charge in [0, 0.05) is 0 Å². The minimum Gasteiger partial charge on any atom is -0.508 e. The number of phenols is 1. The molecule has 0 spiro atoms. The maximum Gasteiger partial charge on any atom is 0.322 e. The number of carbonyl (C=O) groups is 1. The van der Waals surface area contributed by atoms with Crippen LogP contribution in [-0.4, -0.2) is 36.4 Å². The van der Waals surface area contributed by atoms with Gasteiger partial charge < -0.3 is 10.2 Å². The summed E-state index contributed by atoms with van der Waals surface area (Å²) in [6.07, 6.45) is 1.17. The van der Waals surface area contributed by atoms with E-state index in [-0.39, 0.29) is 17.9 Å². The molecule has 0 heterocycles. The van der Waals surface area contributed by atoms with Crippen molar-refractivity contribution in [3.05, 3.63) is 42.5 Å². The second-order valence-corrected chi connectivity index (χ2v) is 5.75. The molecule has 0 bridgehead atoms. The molecular weight excluding hydrogens is 270 g/mol. The number of phenolic OH excluding ortho intramolecular Hbond substituents is 1. The van der Waals surface area contributed by atoms with Crippen molar-refractivity contribution in [2.24, 2.45) is 0 Å². The molecule has 1 aromatic carbocycles. The fourth-order valence-corrected chi connectivity index (χ4v) is 2.49. The Morgan fingerprint density at radius 2 is 1.95 bits per heavy atom. The fourth-order valence-electron chi connectivity index (χ4n) is 1.47. The van der Waals surface area contributed by atoms with Crippen LogP contribution >= 0.6 is 0 Å². The van der Waals surface area contributed by atoms with Crippen molar-refractivity contribution in [3.8, 4) is 5.75 Å². The zero-order valence-electron chi connectivity index (χ0n) is 10.1. The van der Waals surface area contributed by atoms with Crippen molar-refractivity contribution in [1.82, 2.24) is 4.72 Å². The molecule has 6 nitrogen and oxygen atoms in total. The van der Waals surface area contributed by atoms with Crippen LogP contribution in [0, 0.1) is 0 Å². The van der Waals surface area contributed by atoms with E-state index in [4.69, 9.17) is 10.2 Å². The van der Waals surface area contributed by atoms with Crippen LogP contribution in [0.1, 0.15) is 5.56 Å². The second-order valence-electron chi connectivity index (χ2n) is 3.95. The number of hydrogen-bond acceptors (Lipinski definition) is 4. The SMILES string of the molecule is C=CCS(=O)(=O)N[C@H](Cc1ccc(O)cc1)C(=O)O. The Morgan fingerprint density at radius 3 is 2.42 bits per heavy atom. The van der Waals surface area contributed by atoms with E-state index in [0.717, 1.165) is 0 Å². The molecule has 0 radical (unpaired) electrons. The number of sulfonamides is 1. The van der Waals surface area contributed by atoms with Gasteiger partial charge in [0.15, 0.2) is 0 Å². The van der Waals surface area contributed by atoms with Crippen LogP contribution in [0.4, 0.5) is 0 Å². The van der Waals surface area contributed by atoms with Crippen LogP contribution in [0.2, 0.25) is 0 Å². The zero-order valence-corrected chi connectivity index (χ0v) is 10.9. The summed E-state index contributed by atoms with van der Waals surface area (Å²) in [4.78, 5) is 11.1. The van der Waals surface area contributed by atoms with Crippen molar-refractivity contribution in [2.75, 3.05) is 5.75 Å². The van der Waals surface area contributed by atoms with Crippen molar-refractivity contribution in [1.29, 1.82) is 0 Å². The molecule has 0 fully saturated rings. The van der Waals surface area contributed by atoms with Crippen LogP contribution in [0.25, 0.3) is 0 Å². The molecule has 0 aliphatic heterocycles. The lowest BCUT2D eigenvalue weighted by molar-refractivity contribution is -0.138. The van der Waals surface area contributed by atoms with Crippen LogP contribution in [0.5, 0.6) is 5.75 Å². The maximum absolute atomic E-state index is 11.5. The minimum atomic E-state index is -3.70. The number of rotatable bonds is 7. The summed E-state index contributed by atoms with van der Waals surface area (Å²) in [5.74, 6) is -1.55. The summed E-state index contributed by atoms with van der Waals surface area (Å²) in [7, 11) is -3.70. The number of nitrogens with one attached hydrogen (secondary N) is 1. The van der Waals surface area contributed by atoms with E-state index < -0.39 is 22.0 Å². The lowest BCUT2D eigenvalue weighted by Gasteiger charge is -2.14. The normalized spacial score (nSPS) is 12.8. The van der Waals surface area contributed by atoms with Crippen LogP contribution in [0.15, 0.2) is 36.9 Å². The highest BCUT2D eigenvalue weighted by atomic mass is 32.2. The van der Waals surface area contributed by atoms with Gasteiger partial charge in [-0.2, -0.15) is 0 Å². The second kappa shape index (κ2) is 6.35. The summed E-state index contributed by atoms with van der Waals surface area (Å²) in [6, 6.07) is 4.63. The molecule has 0 aliphatic carbocycles. The van der Waals surface area contributed by atoms with Gasteiger partial charge in [-0.1, -0.05) is 18.2 Å². The topological polar surface area (TPSA) is 104 Å². The van der Waals surface area contributed by atoms with Crippen molar-refractivity contribution in [3.63, 3.8) is 0 Å². The lowest BCUT2D eigenvalue weighted by Crippen LogP contribution is -2.43. The Bertz CT molecular complexity index is 550. The first-order chi connectivity index (χ1) is 8.84. The van der Waals surface area contributed by atoms with Crippen LogP contribution < -0.4 is 4.72 Å². The van der Waals surface area contributed by atoms with Gasteiger partial charge in [0.05, 0.1) is 5.75 Å². The number of carboxylic acid groups (broad SMARTS) is 1. The minimum absolute atomic E-state index is 0.00795. The molecule has 104 valence electrons. The highest BCUT2D eigenvalue weighted by molar-refractivity contribution is 7.89. The number of aromatic hydroxyl groups is 1. The molecule has 0 aromatic heterocycles. The van der Waals surface area contributed by atoms with E-state index >= 15 is 0 Å². The number of carboxylic acids is 1. The Morgan fingerprint density at radius 1 is 1.37 bits per heavy atom. The molecule has 3 N–H and O–H groups in total. The summed E-state index contributed by atoms with van der Waals surface area (Å²) >= 11 is 0. The van der Waals surface area contributed by atoms with Gasteiger partial charge in [-0.05, 0) is 24.1 Å². The molecule has 0 aliphatic rings. The molecule has 0 amide bonds. The quantitative estimate of drug-likeness (QED) is 0.633. The van der Waals surface area contributed by atoms with E-state index in [1.54, 1.807) is 0 Å². The van der Waals surface area contributed by atoms with E-state index in [1.165, 1.54) is 30.3 Å². The molecule has 1 aromatic rings. The van der Waals surface area contributed by atoms with Crippen molar-refractivity contribution < 1.29 is 23.4 Å². The number of hydrogen-bond donors (Lipinski definition) is 3. The molecule has 1 rings (SSSR count). The Labute approximate surface area is 111 Å². The molecule has 0 unspecified atom stereocenters. The molecule has 19 heavy (non-hydrogen) atoms. The van der Waals surface area contributed by atoms with Crippen LogP contribution in [-0.2, 0) is 21.2 Å². The van der Waals surface area contributed by atoms with Crippen LogP contribution in [0.3, 0.4) is 0 Å². The largest absolute Gasteiger partial charge is 0.508 e. The first-order valence-electron chi connectivity index (χ1n) is 5.45. The van der Waals surface area contributed by atoms with Gasteiger partial charge >= 0.3 is 5.97 Å². The predicted octanol–water partition coefficient (Wildman–Crippen LogP) is 0.493. The Kier molecular flexibility index (Phi) is 5.08.